The number of H-pyrrole nitrogens is 1. The summed E-state index contributed by atoms with van der Waals surface area (Å²) >= 11 is 0. The van der Waals surface area contributed by atoms with Gasteiger partial charge < -0.3 is 20.4 Å². The third-order valence-corrected chi connectivity index (χ3v) is 3.52. The first kappa shape index (κ1) is 20.7. The van der Waals surface area contributed by atoms with Crippen molar-refractivity contribution in [2.45, 2.75) is 26.3 Å². The predicted octanol–water partition coefficient (Wildman–Crippen LogP) is 3.06. The number of benzene rings is 1. The maximum Gasteiger partial charge on any atom is 0.191 e. The number of halogens is 2. The first-order valence-corrected chi connectivity index (χ1v) is 7.93. The molecule has 1 unspecified atom stereocenters. The first-order chi connectivity index (χ1) is 11.1. The van der Waals surface area contributed by atoms with Gasteiger partial charge in [0, 0.05) is 43.3 Å². The van der Waals surface area contributed by atoms with Crippen molar-refractivity contribution in [3.05, 3.63) is 35.8 Å². The molecular weight excluding hydrogens is 422 g/mol. The van der Waals surface area contributed by atoms with Crippen LogP contribution in [0.3, 0.4) is 0 Å². The van der Waals surface area contributed by atoms with E-state index >= 15 is 0 Å². The van der Waals surface area contributed by atoms with Crippen LogP contribution >= 0.6 is 24.0 Å². The van der Waals surface area contributed by atoms with Crippen molar-refractivity contribution in [2.75, 3.05) is 26.8 Å². The number of fused-ring (bicyclic) bond motifs is 1. The molecule has 3 N–H and O–H groups in total. The summed E-state index contributed by atoms with van der Waals surface area (Å²) in [6.45, 7) is 6.11. The van der Waals surface area contributed by atoms with E-state index in [1.165, 1.54) is 6.07 Å². The average molecular weight is 448 g/mol. The van der Waals surface area contributed by atoms with Gasteiger partial charge in [-0.2, -0.15) is 0 Å². The highest BCUT2D eigenvalue weighted by Crippen LogP contribution is 2.19. The highest BCUT2D eigenvalue weighted by molar-refractivity contribution is 14.0. The summed E-state index contributed by atoms with van der Waals surface area (Å²) in [7, 11) is 1.68. The molecule has 0 fully saturated rings. The van der Waals surface area contributed by atoms with E-state index < -0.39 is 0 Å². The highest BCUT2D eigenvalue weighted by atomic mass is 127. The van der Waals surface area contributed by atoms with Gasteiger partial charge in [-0.15, -0.1) is 24.0 Å². The largest absolute Gasteiger partial charge is 0.383 e. The zero-order valence-corrected chi connectivity index (χ0v) is 16.7. The number of hydrogen-bond acceptors (Lipinski definition) is 2. The molecule has 1 aromatic carbocycles. The summed E-state index contributed by atoms with van der Waals surface area (Å²) < 4.78 is 18.5. The monoisotopic (exact) mass is 448 g/mol. The van der Waals surface area contributed by atoms with E-state index in [1.807, 2.05) is 20.0 Å². The van der Waals surface area contributed by atoms with Gasteiger partial charge in [-0.25, -0.2) is 4.39 Å². The number of aromatic amines is 1. The van der Waals surface area contributed by atoms with E-state index in [9.17, 15) is 4.39 Å². The molecule has 0 aliphatic rings. The van der Waals surface area contributed by atoms with Gasteiger partial charge in [0.1, 0.15) is 5.82 Å². The van der Waals surface area contributed by atoms with E-state index in [0.717, 1.165) is 35.4 Å². The molecule has 0 radical (unpaired) electrons. The van der Waals surface area contributed by atoms with Crippen LogP contribution in [-0.4, -0.2) is 43.8 Å². The maximum atomic E-state index is 13.4. The Hall–Kier alpha value is -1.35. The lowest BCUT2D eigenvalue weighted by molar-refractivity contribution is 0.179. The highest BCUT2D eigenvalue weighted by Gasteiger charge is 2.06. The minimum atomic E-state index is -0.217. The zero-order chi connectivity index (χ0) is 16.7. The maximum absolute atomic E-state index is 13.4. The minimum absolute atomic E-state index is 0. The predicted molar refractivity (Wildman–Crippen MR) is 108 cm³/mol. The van der Waals surface area contributed by atoms with Crippen LogP contribution in [0.1, 0.15) is 19.4 Å². The normalized spacial score (nSPS) is 12.8. The Kier molecular flexibility index (Phi) is 9.05. The second-order valence-corrected chi connectivity index (χ2v) is 5.52. The summed E-state index contributed by atoms with van der Waals surface area (Å²) in [5.41, 5.74) is 2.02. The molecule has 0 saturated heterocycles. The van der Waals surface area contributed by atoms with Crippen LogP contribution in [-0.2, 0) is 11.2 Å². The van der Waals surface area contributed by atoms with Crippen LogP contribution in [0.25, 0.3) is 10.9 Å². The van der Waals surface area contributed by atoms with Crippen LogP contribution in [0.4, 0.5) is 4.39 Å². The molecule has 0 aliphatic heterocycles. The third-order valence-electron chi connectivity index (χ3n) is 3.52. The molecule has 1 atom stereocenters. The fourth-order valence-electron chi connectivity index (χ4n) is 2.49. The summed E-state index contributed by atoms with van der Waals surface area (Å²) in [5.74, 6) is 0.549. The number of methoxy groups -OCH3 is 1. The number of hydrogen-bond donors (Lipinski definition) is 3. The van der Waals surface area contributed by atoms with E-state index in [1.54, 1.807) is 19.2 Å². The topological polar surface area (TPSA) is 61.4 Å². The van der Waals surface area contributed by atoms with Gasteiger partial charge in [0.15, 0.2) is 5.96 Å². The third kappa shape index (κ3) is 5.94. The number of nitrogens with zero attached hydrogens (tertiary/aromatic N) is 1. The number of aromatic nitrogens is 1. The summed E-state index contributed by atoms with van der Waals surface area (Å²) in [6, 6.07) is 4.97. The van der Waals surface area contributed by atoms with Crippen LogP contribution in [0.5, 0.6) is 0 Å². The van der Waals surface area contributed by atoms with Gasteiger partial charge in [0.2, 0.25) is 0 Å². The number of rotatable bonds is 7. The molecule has 1 aromatic heterocycles. The number of aliphatic imine (C=N–C) groups is 1. The van der Waals surface area contributed by atoms with Crippen molar-refractivity contribution in [3.63, 3.8) is 0 Å². The number of ether oxygens (including phenoxy) is 1. The van der Waals surface area contributed by atoms with Crippen LogP contribution < -0.4 is 10.6 Å². The molecule has 1 heterocycles. The van der Waals surface area contributed by atoms with Crippen LogP contribution in [0, 0.1) is 5.82 Å². The molecule has 2 aromatic rings. The summed E-state index contributed by atoms with van der Waals surface area (Å²) in [5, 5.41) is 7.43. The zero-order valence-electron chi connectivity index (χ0n) is 14.4. The SMILES string of the molecule is CCNC(=NCCc1c[nH]c2ccc(F)cc12)NC(C)COC.I. The van der Waals surface area contributed by atoms with E-state index in [-0.39, 0.29) is 35.8 Å². The molecule has 0 spiro atoms. The van der Waals surface area contributed by atoms with Crippen molar-refractivity contribution < 1.29 is 9.13 Å². The lowest BCUT2D eigenvalue weighted by Crippen LogP contribution is -2.44. The second-order valence-electron chi connectivity index (χ2n) is 5.52. The molecule has 2 rings (SSSR count). The Morgan fingerprint density at radius 2 is 2.21 bits per heavy atom. The molecule has 0 saturated carbocycles. The molecule has 5 nitrogen and oxygen atoms in total. The molecule has 0 aliphatic carbocycles. The fourth-order valence-corrected chi connectivity index (χ4v) is 2.49. The minimum Gasteiger partial charge on any atom is -0.383 e. The van der Waals surface area contributed by atoms with Gasteiger partial charge in [0.05, 0.1) is 6.61 Å². The van der Waals surface area contributed by atoms with Gasteiger partial charge in [-0.05, 0) is 44.0 Å². The average Bonchev–Trinajstić information content (AvgIpc) is 2.90. The fraction of sp³-hybridized carbons (Fsp3) is 0.471. The Labute approximate surface area is 159 Å². The quantitative estimate of drug-likeness (QED) is 0.347. The van der Waals surface area contributed by atoms with E-state index in [4.69, 9.17) is 4.74 Å². The Morgan fingerprint density at radius 3 is 2.92 bits per heavy atom. The van der Waals surface area contributed by atoms with Gasteiger partial charge in [-0.1, -0.05) is 0 Å². The summed E-state index contributed by atoms with van der Waals surface area (Å²) in [4.78, 5) is 7.74. The van der Waals surface area contributed by atoms with Crippen molar-refractivity contribution in [3.8, 4) is 0 Å². The Bertz CT molecular complexity index is 659. The Balaban J connectivity index is 0.00000288. The molecule has 0 amide bonds. The number of nitrogens with one attached hydrogen (secondary N) is 3. The standard InChI is InChI=1S/C17H25FN4O.HI/c1-4-19-17(22-12(2)11-23-3)20-8-7-13-10-21-16-6-5-14(18)9-15(13)16;/h5-6,9-10,12,21H,4,7-8,11H2,1-3H3,(H2,19,20,22);1H. The lowest BCUT2D eigenvalue weighted by atomic mass is 10.1. The van der Waals surface area contributed by atoms with Crippen molar-refractivity contribution in [2.24, 2.45) is 4.99 Å². The number of guanidine groups is 1. The molecule has 24 heavy (non-hydrogen) atoms. The van der Waals surface area contributed by atoms with Gasteiger partial charge in [-0.3, -0.25) is 4.99 Å². The molecule has 7 heteroatoms. The van der Waals surface area contributed by atoms with E-state index in [0.29, 0.717) is 13.2 Å². The van der Waals surface area contributed by atoms with Crippen molar-refractivity contribution in [1.29, 1.82) is 0 Å². The summed E-state index contributed by atoms with van der Waals surface area (Å²) in [6.07, 6.45) is 2.67. The van der Waals surface area contributed by atoms with Crippen LogP contribution in [0.15, 0.2) is 29.4 Å². The first-order valence-electron chi connectivity index (χ1n) is 7.93. The molecule has 134 valence electrons. The lowest BCUT2D eigenvalue weighted by Gasteiger charge is -2.16. The van der Waals surface area contributed by atoms with Crippen molar-refractivity contribution >= 4 is 40.8 Å². The Morgan fingerprint density at radius 1 is 1.42 bits per heavy atom. The molecule has 0 bridgehead atoms. The van der Waals surface area contributed by atoms with E-state index in [2.05, 4.69) is 20.6 Å². The second kappa shape index (κ2) is 10.5. The van der Waals surface area contributed by atoms with Crippen LogP contribution in [0.2, 0.25) is 0 Å². The van der Waals surface area contributed by atoms with Gasteiger partial charge >= 0.3 is 0 Å². The molecular formula is C17H26FIN4O. The van der Waals surface area contributed by atoms with Crippen molar-refractivity contribution in [1.82, 2.24) is 15.6 Å². The smallest absolute Gasteiger partial charge is 0.191 e. The van der Waals surface area contributed by atoms with Gasteiger partial charge in [0.25, 0.3) is 0 Å².